The van der Waals surface area contributed by atoms with Crippen molar-refractivity contribution in [1.29, 1.82) is 0 Å². The zero-order valence-electron chi connectivity index (χ0n) is 10.4. The Balaban J connectivity index is 0. The molecule has 0 amide bonds. The van der Waals surface area contributed by atoms with E-state index in [0.29, 0.717) is 12.2 Å². The zero-order chi connectivity index (χ0) is 13.7. The third-order valence-electron chi connectivity index (χ3n) is 1.29. The first kappa shape index (κ1) is 17.8. The van der Waals surface area contributed by atoms with Gasteiger partial charge in [-0.05, 0) is 13.3 Å². The van der Waals surface area contributed by atoms with Crippen molar-refractivity contribution in [2.24, 2.45) is 0 Å². The van der Waals surface area contributed by atoms with Gasteiger partial charge in [0.15, 0.2) is 0 Å². The Morgan fingerprint density at radius 1 is 1.29 bits per heavy atom. The normalized spacial score (nSPS) is 8.41. The van der Waals surface area contributed by atoms with Gasteiger partial charge in [0.25, 0.3) is 0 Å². The van der Waals surface area contributed by atoms with Crippen LogP contribution in [0.1, 0.15) is 20.3 Å². The molecule has 0 unspecified atom stereocenters. The van der Waals surface area contributed by atoms with Crippen LogP contribution >= 0.6 is 0 Å². The Morgan fingerprint density at radius 3 is 2.24 bits per heavy atom. The van der Waals surface area contributed by atoms with Crippen LogP contribution in [-0.2, 0) is 19.1 Å². The number of esters is 2. The molecule has 0 radical (unpaired) electrons. The molecule has 0 bridgehead atoms. The molecule has 0 aliphatic rings. The number of hydrogen-bond acceptors (Lipinski definition) is 5. The Bertz CT molecular complexity index is 258. The minimum absolute atomic E-state index is 0.0465. The Hall–Kier alpha value is -1.62. The van der Waals surface area contributed by atoms with Gasteiger partial charge in [-0.15, -0.1) is 0 Å². The smallest absolute Gasteiger partial charge is 0.333 e. The standard InChI is InChI=1S/C7H12O2.C5H8O3/c1-4-5-9-7(8)6(2)3;1-2-5(7)8-4-3-6/h2,4-5H2,1,3H3;2,6H,1,3-4H2. The molecule has 0 heterocycles. The van der Waals surface area contributed by atoms with Gasteiger partial charge in [0.1, 0.15) is 6.61 Å². The minimum Gasteiger partial charge on any atom is -0.462 e. The van der Waals surface area contributed by atoms with E-state index in [4.69, 9.17) is 9.84 Å². The van der Waals surface area contributed by atoms with Gasteiger partial charge >= 0.3 is 11.9 Å². The highest BCUT2D eigenvalue weighted by Crippen LogP contribution is 1.91. The van der Waals surface area contributed by atoms with Gasteiger partial charge in [-0.3, -0.25) is 0 Å². The first-order valence-electron chi connectivity index (χ1n) is 5.22. The summed E-state index contributed by atoms with van der Waals surface area (Å²) in [6.45, 7) is 10.6. The first-order valence-corrected chi connectivity index (χ1v) is 5.22. The number of hydrogen-bond donors (Lipinski definition) is 1. The lowest BCUT2D eigenvalue weighted by molar-refractivity contribution is -0.139. The Labute approximate surface area is 102 Å². The summed E-state index contributed by atoms with van der Waals surface area (Å²) in [5.41, 5.74) is 0.462. The third-order valence-corrected chi connectivity index (χ3v) is 1.29. The predicted molar refractivity (Wildman–Crippen MR) is 64.3 cm³/mol. The highest BCUT2D eigenvalue weighted by molar-refractivity contribution is 5.86. The first-order chi connectivity index (χ1) is 7.99. The summed E-state index contributed by atoms with van der Waals surface area (Å²) >= 11 is 0. The predicted octanol–water partition coefficient (Wildman–Crippen LogP) is 1.22. The molecule has 17 heavy (non-hydrogen) atoms. The monoisotopic (exact) mass is 244 g/mol. The number of rotatable bonds is 6. The lowest BCUT2D eigenvalue weighted by Crippen LogP contribution is -2.04. The molecule has 0 rings (SSSR count). The fraction of sp³-hybridized carbons (Fsp3) is 0.500. The molecule has 0 atom stereocenters. The van der Waals surface area contributed by atoms with E-state index >= 15 is 0 Å². The van der Waals surface area contributed by atoms with Crippen molar-refractivity contribution in [3.8, 4) is 0 Å². The highest BCUT2D eigenvalue weighted by atomic mass is 16.5. The Kier molecular flexibility index (Phi) is 13.0. The summed E-state index contributed by atoms with van der Waals surface area (Å²) in [4.78, 5) is 20.7. The van der Waals surface area contributed by atoms with Crippen LogP contribution in [-0.4, -0.2) is 36.9 Å². The second-order valence-corrected chi connectivity index (χ2v) is 3.01. The molecule has 1 N–H and O–H groups in total. The van der Waals surface area contributed by atoms with Crippen LogP contribution in [0.5, 0.6) is 0 Å². The Morgan fingerprint density at radius 2 is 1.88 bits per heavy atom. The van der Waals surface area contributed by atoms with Crippen LogP contribution in [0.2, 0.25) is 0 Å². The van der Waals surface area contributed by atoms with Crippen molar-refractivity contribution in [3.05, 3.63) is 24.8 Å². The van der Waals surface area contributed by atoms with Gasteiger partial charge in [0, 0.05) is 11.6 Å². The van der Waals surface area contributed by atoms with Gasteiger partial charge in [-0.2, -0.15) is 0 Å². The molecular weight excluding hydrogens is 224 g/mol. The van der Waals surface area contributed by atoms with Crippen LogP contribution in [0, 0.1) is 0 Å². The number of ether oxygens (including phenoxy) is 2. The van der Waals surface area contributed by atoms with Crippen molar-refractivity contribution in [2.45, 2.75) is 20.3 Å². The van der Waals surface area contributed by atoms with Crippen LogP contribution in [0.15, 0.2) is 24.8 Å². The molecule has 0 aliphatic heterocycles. The molecule has 0 aromatic heterocycles. The molecule has 5 nitrogen and oxygen atoms in total. The molecule has 0 spiro atoms. The van der Waals surface area contributed by atoms with Crippen molar-refractivity contribution in [2.75, 3.05) is 19.8 Å². The molecule has 5 heteroatoms. The molecular formula is C12H20O5. The van der Waals surface area contributed by atoms with Gasteiger partial charge in [-0.1, -0.05) is 20.1 Å². The minimum atomic E-state index is -0.501. The number of carbonyl (C=O) groups is 2. The fourth-order valence-electron chi connectivity index (χ4n) is 0.523. The average Bonchev–Trinajstić information content (AvgIpc) is 2.33. The van der Waals surface area contributed by atoms with Gasteiger partial charge in [-0.25, -0.2) is 9.59 Å². The van der Waals surface area contributed by atoms with Gasteiger partial charge in [0.05, 0.1) is 13.2 Å². The van der Waals surface area contributed by atoms with Crippen LogP contribution < -0.4 is 0 Å². The van der Waals surface area contributed by atoms with Crippen molar-refractivity contribution in [1.82, 2.24) is 0 Å². The van der Waals surface area contributed by atoms with E-state index in [1.54, 1.807) is 6.92 Å². The second kappa shape index (κ2) is 12.4. The topological polar surface area (TPSA) is 72.8 Å². The van der Waals surface area contributed by atoms with E-state index < -0.39 is 5.97 Å². The van der Waals surface area contributed by atoms with Crippen molar-refractivity contribution in [3.63, 3.8) is 0 Å². The molecule has 0 saturated carbocycles. The summed E-state index contributed by atoms with van der Waals surface area (Å²) in [6, 6.07) is 0. The zero-order valence-corrected chi connectivity index (χ0v) is 10.4. The molecule has 98 valence electrons. The maximum atomic E-state index is 10.6. The quantitative estimate of drug-likeness (QED) is 0.562. The van der Waals surface area contributed by atoms with Crippen LogP contribution in [0.4, 0.5) is 0 Å². The maximum absolute atomic E-state index is 10.6. The van der Waals surface area contributed by atoms with E-state index in [1.165, 1.54) is 0 Å². The third kappa shape index (κ3) is 14.4. The number of carbonyl (C=O) groups excluding carboxylic acids is 2. The maximum Gasteiger partial charge on any atom is 0.333 e. The van der Waals surface area contributed by atoms with Gasteiger partial charge < -0.3 is 14.6 Å². The van der Waals surface area contributed by atoms with E-state index in [1.807, 2.05) is 6.92 Å². The van der Waals surface area contributed by atoms with Gasteiger partial charge in [0.2, 0.25) is 0 Å². The summed E-state index contributed by atoms with van der Waals surface area (Å²) in [5.74, 6) is -0.795. The number of aliphatic hydroxyl groups excluding tert-OH is 1. The largest absolute Gasteiger partial charge is 0.462 e. The van der Waals surface area contributed by atoms with Crippen molar-refractivity contribution >= 4 is 11.9 Å². The number of aliphatic hydroxyl groups is 1. The molecule has 0 aromatic carbocycles. The van der Waals surface area contributed by atoms with Crippen LogP contribution in [0.25, 0.3) is 0 Å². The van der Waals surface area contributed by atoms with E-state index in [9.17, 15) is 9.59 Å². The molecule has 0 aromatic rings. The molecule has 0 aliphatic carbocycles. The molecule has 0 fully saturated rings. The van der Waals surface area contributed by atoms with E-state index in [-0.39, 0.29) is 19.2 Å². The van der Waals surface area contributed by atoms with Crippen molar-refractivity contribution < 1.29 is 24.2 Å². The van der Waals surface area contributed by atoms with E-state index in [2.05, 4.69) is 17.9 Å². The lowest BCUT2D eigenvalue weighted by atomic mass is 10.4. The van der Waals surface area contributed by atoms with E-state index in [0.717, 1.165) is 12.5 Å². The second-order valence-electron chi connectivity index (χ2n) is 3.01. The summed E-state index contributed by atoms with van der Waals surface area (Å²) < 4.78 is 9.05. The molecule has 0 saturated heterocycles. The lowest BCUT2D eigenvalue weighted by Gasteiger charge is -1.99. The summed E-state index contributed by atoms with van der Waals surface area (Å²) in [5, 5.41) is 8.10. The highest BCUT2D eigenvalue weighted by Gasteiger charge is 1.99. The fourth-order valence-corrected chi connectivity index (χ4v) is 0.523. The average molecular weight is 244 g/mol. The van der Waals surface area contributed by atoms with Crippen LogP contribution in [0.3, 0.4) is 0 Å². The SMILES string of the molecule is C=C(C)C(=O)OCCC.C=CC(=O)OCCO. The summed E-state index contributed by atoms with van der Waals surface area (Å²) in [6.07, 6.45) is 1.91. The summed E-state index contributed by atoms with van der Waals surface area (Å²) in [7, 11) is 0.